The number of carbonyl (C=O) groups excluding carboxylic acids is 2. The zero-order valence-electron chi connectivity index (χ0n) is 16.2. The summed E-state index contributed by atoms with van der Waals surface area (Å²) >= 11 is 1.53. The summed E-state index contributed by atoms with van der Waals surface area (Å²) in [5.41, 5.74) is 0.434. The summed E-state index contributed by atoms with van der Waals surface area (Å²) in [5.74, 6) is 1.16. The van der Waals surface area contributed by atoms with Crippen molar-refractivity contribution in [2.75, 3.05) is 18.8 Å². The Kier molecular flexibility index (Phi) is 6.19. The van der Waals surface area contributed by atoms with Crippen molar-refractivity contribution in [3.05, 3.63) is 35.9 Å². The Morgan fingerprint density at radius 2 is 1.85 bits per heavy atom. The minimum Gasteiger partial charge on any atom is -0.444 e. The van der Waals surface area contributed by atoms with Crippen LogP contribution in [0.5, 0.6) is 0 Å². The topological polar surface area (TPSA) is 59.1 Å². The highest BCUT2D eigenvalue weighted by atomic mass is 32.2. The van der Waals surface area contributed by atoms with Crippen LogP contribution in [0.15, 0.2) is 30.3 Å². The van der Waals surface area contributed by atoms with Crippen molar-refractivity contribution >= 4 is 24.1 Å². The number of nitrogens with zero attached hydrogens (tertiary/aromatic N) is 2. The fraction of sp³-hybridized carbons (Fsp3) is 0.600. The summed E-state index contributed by atoms with van der Waals surface area (Å²) in [5, 5.41) is 0. The predicted octanol–water partition coefficient (Wildman–Crippen LogP) is 4.30. The molecule has 2 unspecified atom stereocenters. The number of carbonyl (C=O) groups is 2. The predicted molar refractivity (Wildman–Crippen MR) is 105 cm³/mol. The number of amides is 2. The van der Waals surface area contributed by atoms with Crippen LogP contribution in [0.3, 0.4) is 0 Å². The number of ether oxygens (including phenoxy) is 2. The van der Waals surface area contributed by atoms with Gasteiger partial charge in [0.15, 0.2) is 0 Å². The second-order valence-corrected chi connectivity index (χ2v) is 9.13. The molecule has 0 aliphatic carbocycles. The molecule has 2 aliphatic heterocycles. The number of rotatable bonds is 2. The van der Waals surface area contributed by atoms with Crippen molar-refractivity contribution in [3.8, 4) is 0 Å². The second kappa shape index (κ2) is 8.42. The number of benzene rings is 1. The van der Waals surface area contributed by atoms with Gasteiger partial charge in [-0.2, -0.15) is 0 Å². The molecule has 148 valence electrons. The maximum atomic E-state index is 12.7. The maximum absolute atomic E-state index is 12.7. The van der Waals surface area contributed by atoms with Crippen molar-refractivity contribution in [2.24, 2.45) is 5.92 Å². The highest BCUT2D eigenvalue weighted by Crippen LogP contribution is 2.33. The first-order valence-electron chi connectivity index (χ1n) is 9.42. The van der Waals surface area contributed by atoms with Crippen LogP contribution in [0.1, 0.15) is 39.2 Å². The van der Waals surface area contributed by atoms with Crippen LogP contribution in [-0.2, 0) is 16.1 Å². The molecule has 27 heavy (non-hydrogen) atoms. The molecule has 2 amide bonds. The molecule has 2 atom stereocenters. The van der Waals surface area contributed by atoms with Gasteiger partial charge in [-0.15, -0.1) is 0 Å². The van der Waals surface area contributed by atoms with E-state index in [2.05, 4.69) is 0 Å². The molecule has 2 heterocycles. The summed E-state index contributed by atoms with van der Waals surface area (Å²) in [7, 11) is 0. The molecule has 2 bridgehead atoms. The van der Waals surface area contributed by atoms with Gasteiger partial charge in [0.05, 0.1) is 6.04 Å². The van der Waals surface area contributed by atoms with Gasteiger partial charge < -0.3 is 14.4 Å². The van der Waals surface area contributed by atoms with E-state index in [1.165, 1.54) is 11.9 Å². The third-order valence-corrected chi connectivity index (χ3v) is 5.98. The van der Waals surface area contributed by atoms with Gasteiger partial charge in [0.1, 0.15) is 12.2 Å². The van der Waals surface area contributed by atoms with Crippen molar-refractivity contribution in [3.63, 3.8) is 0 Å². The lowest BCUT2D eigenvalue weighted by Gasteiger charge is -2.35. The lowest BCUT2D eigenvalue weighted by atomic mass is 10.0. The van der Waals surface area contributed by atoms with Gasteiger partial charge >= 0.3 is 12.2 Å². The molecule has 2 saturated heterocycles. The molecule has 0 N–H and O–H groups in total. The molecule has 1 aromatic carbocycles. The summed E-state index contributed by atoms with van der Waals surface area (Å²) in [6, 6.07) is 9.60. The van der Waals surface area contributed by atoms with Crippen LogP contribution in [0.2, 0.25) is 0 Å². The van der Waals surface area contributed by atoms with E-state index >= 15 is 0 Å². The first kappa shape index (κ1) is 19.9. The van der Waals surface area contributed by atoms with E-state index in [1.54, 1.807) is 9.21 Å². The van der Waals surface area contributed by atoms with Gasteiger partial charge in [-0.05, 0) is 57.0 Å². The Labute approximate surface area is 165 Å². The molecule has 0 radical (unpaired) electrons. The molecular weight excluding hydrogens is 364 g/mol. The summed E-state index contributed by atoms with van der Waals surface area (Å²) in [4.78, 5) is 27.0. The molecular formula is C20H28N2O4S. The lowest BCUT2D eigenvalue weighted by molar-refractivity contribution is 0.0203. The van der Waals surface area contributed by atoms with Gasteiger partial charge in [-0.25, -0.2) is 13.9 Å². The SMILES string of the molecule is CC(C)(C)OC(=O)N1CC2CCC(C1)N(C(=O)OCc1ccccc1)SC2. The highest BCUT2D eigenvalue weighted by Gasteiger charge is 2.38. The fourth-order valence-corrected chi connectivity index (χ4v) is 4.51. The number of fused-ring (bicyclic) bond motifs is 3. The molecule has 6 nitrogen and oxygen atoms in total. The molecule has 7 heteroatoms. The van der Waals surface area contributed by atoms with E-state index in [0.29, 0.717) is 19.0 Å². The van der Waals surface area contributed by atoms with E-state index in [4.69, 9.17) is 9.47 Å². The summed E-state index contributed by atoms with van der Waals surface area (Å²) in [6.45, 7) is 7.03. The second-order valence-electron chi connectivity index (χ2n) is 8.14. The first-order chi connectivity index (χ1) is 12.8. The monoisotopic (exact) mass is 392 g/mol. The number of likely N-dealkylation sites (tertiary alicyclic amines) is 1. The minimum atomic E-state index is -0.526. The Hall–Kier alpha value is -1.89. The van der Waals surface area contributed by atoms with Crippen molar-refractivity contribution in [2.45, 2.75) is 51.9 Å². The molecule has 2 fully saturated rings. The molecule has 0 saturated carbocycles. The third-order valence-electron chi connectivity index (χ3n) is 4.64. The fourth-order valence-electron chi connectivity index (χ4n) is 3.33. The van der Waals surface area contributed by atoms with Gasteiger partial charge in [-0.1, -0.05) is 30.3 Å². The van der Waals surface area contributed by atoms with Gasteiger partial charge in [-0.3, -0.25) is 0 Å². The number of hydrogen-bond donors (Lipinski definition) is 0. The first-order valence-corrected chi connectivity index (χ1v) is 10.4. The lowest BCUT2D eigenvalue weighted by Crippen LogP contribution is -2.48. The molecule has 0 spiro atoms. The number of hydrogen-bond acceptors (Lipinski definition) is 5. The zero-order chi connectivity index (χ0) is 19.4. The maximum Gasteiger partial charge on any atom is 0.420 e. The summed E-state index contributed by atoms with van der Waals surface area (Å²) < 4.78 is 12.8. The van der Waals surface area contributed by atoms with Crippen LogP contribution in [0.4, 0.5) is 9.59 Å². The Balaban J connectivity index is 1.64. The third kappa shape index (κ3) is 5.54. The van der Waals surface area contributed by atoms with Crippen molar-refractivity contribution in [1.29, 1.82) is 0 Å². The quantitative estimate of drug-likeness (QED) is 0.702. The average molecular weight is 393 g/mol. The van der Waals surface area contributed by atoms with E-state index < -0.39 is 5.60 Å². The smallest absolute Gasteiger partial charge is 0.420 e. The Morgan fingerprint density at radius 3 is 2.56 bits per heavy atom. The van der Waals surface area contributed by atoms with Gasteiger partial charge in [0, 0.05) is 18.8 Å². The van der Waals surface area contributed by atoms with E-state index in [-0.39, 0.29) is 24.8 Å². The zero-order valence-corrected chi connectivity index (χ0v) is 17.0. The van der Waals surface area contributed by atoms with Crippen LogP contribution in [0.25, 0.3) is 0 Å². The molecule has 0 aromatic heterocycles. The molecule has 2 aliphatic rings. The largest absolute Gasteiger partial charge is 0.444 e. The van der Waals surface area contributed by atoms with Gasteiger partial charge in [0.25, 0.3) is 0 Å². The summed E-state index contributed by atoms with van der Waals surface area (Å²) in [6.07, 6.45) is 1.24. The molecule has 1 aromatic rings. The van der Waals surface area contributed by atoms with E-state index in [0.717, 1.165) is 24.2 Å². The normalized spacial score (nSPS) is 22.8. The van der Waals surface area contributed by atoms with E-state index in [1.807, 2.05) is 51.1 Å². The van der Waals surface area contributed by atoms with Crippen LogP contribution in [0, 0.1) is 5.92 Å². The minimum absolute atomic E-state index is 0.0571. The Morgan fingerprint density at radius 1 is 1.11 bits per heavy atom. The standard InChI is InChI=1S/C20H28N2O4S/c1-20(2,3)26-18(23)21-11-16-9-10-17(12-21)22(27-14-16)19(24)25-13-15-7-5-4-6-8-15/h4-8,16-17H,9-14H2,1-3H3. The van der Waals surface area contributed by atoms with Crippen molar-refractivity contribution in [1.82, 2.24) is 9.21 Å². The van der Waals surface area contributed by atoms with Crippen molar-refractivity contribution < 1.29 is 19.1 Å². The van der Waals surface area contributed by atoms with Crippen LogP contribution in [-0.4, -0.2) is 51.9 Å². The average Bonchev–Trinajstić information content (AvgIpc) is 2.93. The highest BCUT2D eigenvalue weighted by molar-refractivity contribution is 7.97. The van der Waals surface area contributed by atoms with Crippen LogP contribution >= 0.6 is 11.9 Å². The van der Waals surface area contributed by atoms with Crippen LogP contribution < -0.4 is 0 Å². The molecule has 3 rings (SSSR count). The van der Waals surface area contributed by atoms with E-state index in [9.17, 15) is 9.59 Å². The Bertz CT molecular complexity index is 662. The van der Waals surface area contributed by atoms with Gasteiger partial charge in [0.2, 0.25) is 0 Å².